The van der Waals surface area contributed by atoms with E-state index in [2.05, 4.69) is 54.7 Å². The van der Waals surface area contributed by atoms with Crippen LogP contribution in [0.25, 0.3) is 0 Å². The van der Waals surface area contributed by atoms with Crippen molar-refractivity contribution in [2.45, 2.75) is 143 Å². The Labute approximate surface area is 285 Å². The second kappa shape index (κ2) is 16.4. The summed E-state index contributed by atoms with van der Waals surface area (Å²) < 4.78 is 67.6. The SMILES string of the molecule is CC.CC(C)c1nc2c(c3c1[C@H](c1ccc(C(F)(F)F)c(F)c1)OC31CCOCC1C)[C@@H](O)CC(C)(C)C2.CCC.CSC(C)(C)C. The van der Waals surface area contributed by atoms with Crippen molar-refractivity contribution in [1.82, 2.24) is 4.98 Å². The Kier molecular flexibility index (Phi) is 14.4. The van der Waals surface area contributed by atoms with Crippen molar-refractivity contribution >= 4 is 11.8 Å². The number of aliphatic hydroxyl groups excluding tert-OH is 1. The largest absolute Gasteiger partial charge is 0.419 e. The minimum Gasteiger partial charge on any atom is -0.388 e. The molecule has 0 saturated carbocycles. The average Bonchev–Trinajstić information content (AvgIpc) is 3.29. The minimum atomic E-state index is -4.78. The van der Waals surface area contributed by atoms with Crippen molar-refractivity contribution in [2.75, 3.05) is 19.5 Å². The number of hydrogen-bond donors (Lipinski definition) is 1. The highest BCUT2D eigenvalue weighted by Gasteiger charge is 2.55. The number of nitrogens with zero attached hydrogens (tertiary/aromatic N) is 1. The molecule has 3 aliphatic rings. The van der Waals surface area contributed by atoms with Gasteiger partial charge in [-0.25, -0.2) is 4.39 Å². The third-order valence-electron chi connectivity index (χ3n) is 8.66. The third-order valence-corrected chi connectivity index (χ3v) is 9.89. The van der Waals surface area contributed by atoms with Crippen molar-refractivity contribution in [1.29, 1.82) is 0 Å². The summed E-state index contributed by atoms with van der Waals surface area (Å²) in [7, 11) is 0. The van der Waals surface area contributed by atoms with E-state index in [1.165, 1.54) is 12.5 Å². The average molecular weight is 686 g/mol. The number of pyridine rings is 1. The van der Waals surface area contributed by atoms with Gasteiger partial charge in [-0.1, -0.05) is 95.6 Å². The molecule has 1 spiro atoms. The molecule has 1 aliphatic carbocycles. The van der Waals surface area contributed by atoms with Gasteiger partial charge in [-0.3, -0.25) is 4.98 Å². The van der Waals surface area contributed by atoms with E-state index in [1.54, 1.807) is 0 Å². The molecule has 3 heterocycles. The number of ether oxygens (including phenoxy) is 2. The molecule has 0 amide bonds. The summed E-state index contributed by atoms with van der Waals surface area (Å²) in [6.45, 7) is 26.0. The van der Waals surface area contributed by atoms with E-state index in [4.69, 9.17) is 14.5 Å². The first kappa shape index (κ1) is 41.5. The standard InChI is InChI=1S/C28H33F4NO3.C5H12S.C3H8.C2H6/c1-14(2)24-22-23(21-19(33-24)11-26(4,5)12-20(21)34)27(8-9-35-13-15(27)3)36-25(22)16-6-7-17(18(29)10-16)28(30,31)32;1-5(2,3)6-4;1-3-2;1-2/h6-7,10,14-15,20,25,34H,8-9,11-13H2,1-5H3;1-4H3;3H2,1-2H3;1-2H3/t15?,20-,25-,27?;;;/m0.../s1. The van der Waals surface area contributed by atoms with E-state index >= 15 is 0 Å². The number of alkyl halides is 3. The second-order valence-corrected chi connectivity index (χ2v) is 16.4. The van der Waals surface area contributed by atoms with Gasteiger partial charge in [0, 0.05) is 46.2 Å². The van der Waals surface area contributed by atoms with Crippen LogP contribution in [0.3, 0.4) is 0 Å². The molecule has 1 N–H and O–H groups in total. The Balaban J connectivity index is 0.000000612. The van der Waals surface area contributed by atoms with Crippen LogP contribution in [0, 0.1) is 17.2 Å². The second-order valence-electron chi connectivity index (χ2n) is 14.7. The van der Waals surface area contributed by atoms with Crippen molar-refractivity contribution in [3.63, 3.8) is 0 Å². The van der Waals surface area contributed by atoms with E-state index in [1.807, 2.05) is 46.4 Å². The van der Waals surface area contributed by atoms with Gasteiger partial charge in [0.15, 0.2) is 0 Å². The maximum absolute atomic E-state index is 14.7. The van der Waals surface area contributed by atoms with Crippen molar-refractivity contribution < 1.29 is 32.1 Å². The number of halogens is 4. The molecule has 1 aromatic heterocycles. The van der Waals surface area contributed by atoms with Crippen LogP contribution in [-0.2, 0) is 27.7 Å². The zero-order valence-corrected chi connectivity index (χ0v) is 31.7. The highest BCUT2D eigenvalue weighted by molar-refractivity contribution is 7.99. The van der Waals surface area contributed by atoms with Gasteiger partial charge in [-0.15, -0.1) is 0 Å². The van der Waals surface area contributed by atoms with Crippen LogP contribution in [0.4, 0.5) is 17.6 Å². The third kappa shape index (κ3) is 9.52. The molecule has 9 heteroatoms. The number of hydrogen-bond acceptors (Lipinski definition) is 5. The Bertz CT molecular complexity index is 1320. The van der Waals surface area contributed by atoms with Crippen LogP contribution in [-0.4, -0.2) is 34.3 Å². The normalized spacial score (nSPS) is 24.6. The fourth-order valence-electron chi connectivity index (χ4n) is 6.39. The van der Waals surface area contributed by atoms with E-state index in [9.17, 15) is 22.7 Å². The Morgan fingerprint density at radius 1 is 1.09 bits per heavy atom. The highest BCUT2D eigenvalue weighted by atomic mass is 32.2. The van der Waals surface area contributed by atoms with Gasteiger partial charge < -0.3 is 14.6 Å². The molecule has 1 aromatic carbocycles. The monoisotopic (exact) mass is 685 g/mol. The molecule has 4 nitrogen and oxygen atoms in total. The summed E-state index contributed by atoms with van der Waals surface area (Å²) in [6, 6.07) is 3.01. The molecular formula is C38H59F4NO3S. The van der Waals surface area contributed by atoms with Gasteiger partial charge in [0.1, 0.15) is 17.5 Å². The van der Waals surface area contributed by atoms with Gasteiger partial charge in [0.2, 0.25) is 0 Å². The fourth-order valence-corrected chi connectivity index (χ4v) is 6.39. The molecule has 2 aromatic rings. The zero-order chi connectivity index (χ0) is 36.1. The number of fused-ring (bicyclic) bond motifs is 4. The molecule has 0 bridgehead atoms. The molecule has 5 rings (SSSR count). The molecule has 1 fully saturated rings. The first-order valence-corrected chi connectivity index (χ1v) is 18.4. The van der Waals surface area contributed by atoms with E-state index in [0.717, 1.165) is 40.2 Å². The van der Waals surface area contributed by atoms with E-state index in [-0.39, 0.29) is 17.3 Å². The zero-order valence-electron chi connectivity index (χ0n) is 30.9. The van der Waals surface area contributed by atoms with E-state index < -0.39 is 35.4 Å². The van der Waals surface area contributed by atoms with Gasteiger partial charge in [0.05, 0.1) is 18.3 Å². The lowest BCUT2D eigenvalue weighted by Gasteiger charge is -2.43. The van der Waals surface area contributed by atoms with Crippen LogP contribution < -0.4 is 0 Å². The van der Waals surface area contributed by atoms with Crippen LogP contribution in [0.2, 0.25) is 0 Å². The summed E-state index contributed by atoms with van der Waals surface area (Å²) in [5.41, 5.74) is 2.13. The van der Waals surface area contributed by atoms with E-state index in [0.29, 0.717) is 42.8 Å². The Morgan fingerprint density at radius 3 is 2.13 bits per heavy atom. The summed E-state index contributed by atoms with van der Waals surface area (Å²) in [4.78, 5) is 5.04. The van der Waals surface area contributed by atoms with Crippen molar-refractivity contribution in [3.05, 3.63) is 63.2 Å². The lowest BCUT2D eigenvalue weighted by Crippen LogP contribution is -2.43. The Hall–Kier alpha value is -1.68. The summed E-state index contributed by atoms with van der Waals surface area (Å²) in [6.07, 6.45) is -1.15. The maximum Gasteiger partial charge on any atom is 0.419 e. The fraction of sp³-hybridized carbons (Fsp3) is 0.711. The van der Waals surface area contributed by atoms with Gasteiger partial charge in [-0.05, 0) is 53.7 Å². The molecular weight excluding hydrogens is 626 g/mol. The van der Waals surface area contributed by atoms with Gasteiger partial charge >= 0.3 is 6.18 Å². The molecule has 2 aliphatic heterocycles. The molecule has 0 radical (unpaired) electrons. The molecule has 1 saturated heterocycles. The molecule has 268 valence electrons. The van der Waals surface area contributed by atoms with Crippen LogP contribution >= 0.6 is 11.8 Å². The summed E-state index contributed by atoms with van der Waals surface area (Å²) >= 11 is 1.88. The first-order chi connectivity index (χ1) is 21.7. The van der Waals surface area contributed by atoms with Crippen molar-refractivity contribution in [2.24, 2.45) is 11.3 Å². The smallest absolute Gasteiger partial charge is 0.388 e. The quantitative estimate of drug-likeness (QED) is 0.319. The molecule has 47 heavy (non-hydrogen) atoms. The highest BCUT2D eigenvalue weighted by Crippen LogP contribution is 2.59. The predicted molar refractivity (Wildman–Crippen MR) is 187 cm³/mol. The number of aliphatic hydroxyl groups is 1. The topological polar surface area (TPSA) is 51.6 Å². The minimum absolute atomic E-state index is 0.0121. The van der Waals surface area contributed by atoms with Gasteiger partial charge in [-0.2, -0.15) is 24.9 Å². The molecule has 4 atom stereocenters. The van der Waals surface area contributed by atoms with Crippen LogP contribution in [0.15, 0.2) is 18.2 Å². The number of aromatic nitrogens is 1. The number of benzene rings is 1. The Morgan fingerprint density at radius 2 is 1.66 bits per heavy atom. The number of thioether (sulfide) groups is 1. The summed E-state index contributed by atoms with van der Waals surface area (Å²) in [5, 5.41) is 11.4. The summed E-state index contributed by atoms with van der Waals surface area (Å²) in [5.74, 6) is -1.42. The molecule has 2 unspecified atom stereocenters. The maximum atomic E-state index is 14.7. The lowest BCUT2D eigenvalue weighted by atomic mass is 9.68. The van der Waals surface area contributed by atoms with Crippen LogP contribution in [0.1, 0.15) is 160 Å². The van der Waals surface area contributed by atoms with Crippen LogP contribution in [0.5, 0.6) is 0 Å². The number of rotatable bonds is 2. The lowest BCUT2D eigenvalue weighted by molar-refractivity contribution is -0.157. The predicted octanol–water partition coefficient (Wildman–Crippen LogP) is 11.3. The first-order valence-electron chi connectivity index (χ1n) is 17.1. The van der Waals surface area contributed by atoms with Crippen molar-refractivity contribution in [3.8, 4) is 0 Å². The van der Waals surface area contributed by atoms with Gasteiger partial charge in [0.25, 0.3) is 0 Å².